The molecule has 182 valence electrons. The molecular formula is C25H27ClN6O2S. The molecule has 3 aromatic heterocycles. The number of carbonyl (C=O) groups excluding carboxylic acids is 2. The zero-order chi connectivity index (χ0) is 24.4. The van der Waals surface area contributed by atoms with Gasteiger partial charge in [-0.05, 0) is 36.6 Å². The summed E-state index contributed by atoms with van der Waals surface area (Å²) in [6.45, 7) is 0.536. The number of benzene rings is 1. The van der Waals surface area contributed by atoms with Crippen LogP contribution >= 0.6 is 22.9 Å². The Balaban J connectivity index is 1.28. The maximum Gasteiger partial charge on any atom is 0.262 e. The van der Waals surface area contributed by atoms with Crippen LogP contribution in [0.15, 0.2) is 48.9 Å². The number of thiophene rings is 1. The van der Waals surface area contributed by atoms with E-state index in [-0.39, 0.29) is 11.8 Å². The van der Waals surface area contributed by atoms with E-state index in [1.54, 1.807) is 36.4 Å². The van der Waals surface area contributed by atoms with Gasteiger partial charge < -0.3 is 10.6 Å². The zero-order valence-corrected chi connectivity index (χ0v) is 21.0. The Morgan fingerprint density at radius 2 is 2.00 bits per heavy atom. The number of nitrogens with one attached hydrogen (secondary N) is 2. The summed E-state index contributed by atoms with van der Waals surface area (Å²) in [7, 11) is 1.79. The average molecular weight is 511 g/mol. The lowest BCUT2D eigenvalue weighted by Gasteiger charge is -2.21. The number of aromatic nitrogens is 4. The summed E-state index contributed by atoms with van der Waals surface area (Å²) in [6, 6.07) is 8.85. The average Bonchev–Trinajstić information content (AvgIpc) is 3.63. The van der Waals surface area contributed by atoms with Crippen molar-refractivity contribution in [2.75, 3.05) is 5.32 Å². The van der Waals surface area contributed by atoms with E-state index in [1.807, 2.05) is 28.9 Å². The highest BCUT2D eigenvalue weighted by molar-refractivity contribution is 7.14. The number of fused-ring (bicyclic) bond motifs is 1. The molecule has 0 spiro atoms. The summed E-state index contributed by atoms with van der Waals surface area (Å²) in [5.41, 5.74) is 1.56. The smallest absolute Gasteiger partial charge is 0.262 e. The number of nitrogens with zero attached hydrogens (tertiary/aromatic N) is 4. The molecule has 1 saturated carbocycles. The highest BCUT2D eigenvalue weighted by Crippen LogP contribution is 2.29. The number of hydrogen-bond donors (Lipinski definition) is 2. The Morgan fingerprint density at radius 1 is 1.17 bits per heavy atom. The Kier molecular flexibility index (Phi) is 6.88. The predicted molar refractivity (Wildman–Crippen MR) is 138 cm³/mol. The summed E-state index contributed by atoms with van der Waals surface area (Å²) in [6.07, 6.45) is 10.3. The summed E-state index contributed by atoms with van der Waals surface area (Å²) in [5.74, 6) is -0.00682. The predicted octanol–water partition coefficient (Wildman–Crippen LogP) is 4.85. The van der Waals surface area contributed by atoms with Gasteiger partial charge in [0.15, 0.2) is 0 Å². The molecule has 10 heteroatoms. The molecule has 0 aliphatic heterocycles. The van der Waals surface area contributed by atoms with Crippen molar-refractivity contribution in [1.29, 1.82) is 0 Å². The van der Waals surface area contributed by atoms with E-state index in [1.165, 1.54) is 24.2 Å². The SMILES string of the molecule is Cn1cc(NC(=O)[C@H](CC2CCCC2)NC(=O)c2ccc(Cn3ncc4c(Cl)cccc43)s2)cn1. The van der Waals surface area contributed by atoms with Crippen LogP contribution in [0.2, 0.25) is 5.02 Å². The minimum absolute atomic E-state index is 0.213. The molecule has 0 bridgehead atoms. The van der Waals surface area contributed by atoms with Crippen LogP contribution in [0.1, 0.15) is 46.7 Å². The third-order valence-electron chi connectivity index (χ3n) is 6.46. The van der Waals surface area contributed by atoms with Gasteiger partial charge in [-0.2, -0.15) is 10.2 Å². The lowest BCUT2D eigenvalue weighted by atomic mass is 9.97. The van der Waals surface area contributed by atoms with E-state index in [2.05, 4.69) is 20.8 Å². The lowest BCUT2D eigenvalue weighted by molar-refractivity contribution is -0.118. The van der Waals surface area contributed by atoms with Gasteiger partial charge in [0, 0.05) is 23.5 Å². The Labute approximate surface area is 212 Å². The van der Waals surface area contributed by atoms with Crippen molar-refractivity contribution in [1.82, 2.24) is 24.9 Å². The van der Waals surface area contributed by atoms with Crippen LogP contribution in [-0.4, -0.2) is 37.4 Å². The zero-order valence-electron chi connectivity index (χ0n) is 19.4. The Bertz CT molecular complexity index is 1350. The van der Waals surface area contributed by atoms with Gasteiger partial charge in [-0.1, -0.05) is 43.4 Å². The van der Waals surface area contributed by atoms with Crippen molar-refractivity contribution in [2.24, 2.45) is 13.0 Å². The molecule has 0 saturated heterocycles. The molecule has 1 fully saturated rings. The quantitative estimate of drug-likeness (QED) is 0.354. The standard InChI is InChI=1S/C25H27ClN6O2S/c1-31-14-17(12-27-31)29-24(33)21(11-16-5-2-3-6-16)30-25(34)23-10-9-18(35-23)15-32-22-8-4-7-20(26)19(22)13-28-32/h4,7-10,12-14,16,21H,2-3,5-6,11,15H2,1H3,(H,29,33)(H,30,34)/t21-/m0/s1. The lowest BCUT2D eigenvalue weighted by Crippen LogP contribution is -2.44. The number of halogens is 1. The van der Waals surface area contributed by atoms with Gasteiger partial charge in [0.05, 0.1) is 40.0 Å². The number of aryl methyl sites for hydroxylation is 1. The summed E-state index contributed by atoms with van der Waals surface area (Å²) in [4.78, 5) is 27.8. The number of hydrogen-bond acceptors (Lipinski definition) is 5. The fraction of sp³-hybridized carbons (Fsp3) is 0.360. The summed E-state index contributed by atoms with van der Waals surface area (Å²) >= 11 is 7.67. The maximum atomic E-state index is 13.1. The van der Waals surface area contributed by atoms with Gasteiger partial charge in [-0.25, -0.2) is 0 Å². The molecule has 1 atom stereocenters. The van der Waals surface area contributed by atoms with Gasteiger partial charge in [0.25, 0.3) is 5.91 Å². The highest BCUT2D eigenvalue weighted by Gasteiger charge is 2.27. The van der Waals surface area contributed by atoms with Crippen LogP contribution in [0.5, 0.6) is 0 Å². The molecule has 8 nitrogen and oxygen atoms in total. The Morgan fingerprint density at radius 3 is 2.77 bits per heavy atom. The first kappa shape index (κ1) is 23.6. The van der Waals surface area contributed by atoms with Crippen LogP contribution in [-0.2, 0) is 18.4 Å². The molecule has 0 unspecified atom stereocenters. The number of carbonyl (C=O) groups is 2. The fourth-order valence-corrected chi connectivity index (χ4v) is 5.79. The minimum atomic E-state index is -0.603. The van der Waals surface area contributed by atoms with E-state index in [0.29, 0.717) is 34.5 Å². The van der Waals surface area contributed by atoms with E-state index in [0.717, 1.165) is 28.6 Å². The van der Waals surface area contributed by atoms with Crippen LogP contribution in [0, 0.1) is 5.92 Å². The van der Waals surface area contributed by atoms with Crippen LogP contribution < -0.4 is 10.6 Å². The summed E-state index contributed by atoms with van der Waals surface area (Å²) < 4.78 is 3.50. The van der Waals surface area contributed by atoms with Crippen molar-refractivity contribution in [3.8, 4) is 0 Å². The second-order valence-corrected chi connectivity index (χ2v) is 10.6. The summed E-state index contributed by atoms with van der Waals surface area (Å²) in [5, 5.41) is 16.0. The molecule has 1 aliphatic carbocycles. The van der Waals surface area contributed by atoms with Crippen LogP contribution in [0.4, 0.5) is 5.69 Å². The minimum Gasteiger partial charge on any atom is -0.340 e. The van der Waals surface area contributed by atoms with E-state index in [9.17, 15) is 9.59 Å². The van der Waals surface area contributed by atoms with E-state index >= 15 is 0 Å². The van der Waals surface area contributed by atoms with Gasteiger partial charge in [-0.15, -0.1) is 11.3 Å². The van der Waals surface area contributed by atoms with Gasteiger partial charge in [-0.3, -0.25) is 19.0 Å². The largest absolute Gasteiger partial charge is 0.340 e. The number of amides is 2. The van der Waals surface area contributed by atoms with Crippen LogP contribution in [0.3, 0.4) is 0 Å². The van der Waals surface area contributed by atoms with Gasteiger partial charge in [0.2, 0.25) is 5.91 Å². The first-order valence-electron chi connectivity index (χ1n) is 11.8. The van der Waals surface area contributed by atoms with Gasteiger partial charge >= 0.3 is 0 Å². The van der Waals surface area contributed by atoms with Crippen molar-refractivity contribution in [2.45, 2.75) is 44.7 Å². The molecule has 35 heavy (non-hydrogen) atoms. The molecule has 1 aliphatic rings. The van der Waals surface area contributed by atoms with E-state index < -0.39 is 6.04 Å². The number of anilines is 1. The first-order chi connectivity index (χ1) is 17.0. The third kappa shape index (κ3) is 5.41. The molecule has 5 rings (SSSR count). The molecule has 0 radical (unpaired) electrons. The fourth-order valence-electron chi connectivity index (χ4n) is 4.68. The molecule has 2 N–H and O–H groups in total. The molecule has 1 aromatic carbocycles. The van der Waals surface area contributed by atoms with Crippen molar-refractivity contribution in [3.63, 3.8) is 0 Å². The molecule has 2 amide bonds. The molecular weight excluding hydrogens is 484 g/mol. The first-order valence-corrected chi connectivity index (χ1v) is 12.9. The molecule has 4 aromatic rings. The molecule has 3 heterocycles. The maximum absolute atomic E-state index is 13.1. The second-order valence-electron chi connectivity index (χ2n) is 9.04. The van der Waals surface area contributed by atoms with Crippen molar-refractivity contribution < 1.29 is 9.59 Å². The normalized spacial score (nSPS) is 14.9. The van der Waals surface area contributed by atoms with Crippen molar-refractivity contribution in [3.05, 3.63) is 63.7 Å². The van der Waals surface area contributed by atoms with Gasteiger partial charge in [0.1, 0.15) is 6.04 Å². The monoisotopic (exact) mass is 510 g/mol. The Hall–Kier alpha value is -3.17. The van der Waals surface area contributed by atoms with E-state index in [4.69, 9.17) is 11.6 Å². The van der Waals surface area contributed by atoms with Crippen molar-refractivity contribution >= 4 is 51.3 Å². The topological polar surface area (TPSA) is 93.8 Å². The second kappa shape index (κ2) is 10.2. The van der Waals surface area contributed by atoms with Crippen LogP contribution in [0.25, 0.3) is 10.9 Å². The number of rotatable bonds is 8. The third-order valence-corrected chi connectivity index (χ3v) is 7.86. The highest BCUT2D eigenvalue weighted by atomic mass is 35.5.